The molecule has 0 aromatic heterocycles. The highest BCUT2D eigenvalue weighted by Crippen LogP contribution is 2.24. The zero-order valence-electron chi connectivity index (χ0n) is 9.98. The van der Waals surface area contributed by atoms with Gasteiger partial charge in [0.15, 0.2) is 0 Å². The van der Waals surface area contributed by atoms with Crippen LogP contribution < -0.4 is 5.32 Å². The van der Waals surface area contributed by atoms with Crippen LogP contribution in [0.3, 0.4) is 0 Å². The van der Waals surface area contributed by atoms with Crippen molar-refractivity contribution >= 4 is 11.7 Å². The first kappa shape index (κ1) is 12.0. The molecule has 0 radical (unpaired) electrons. The van der Waals surface area contributed by atoms with Crippen molar-refractivity contribution in [3.8, 4) is 0 Å². The number of aromatic carboxylic acids is 1. The summed E-state index contributed by atoms with van der Waals surface area (Å²) in [7, 11) is 0. The second-order valence-electron chi connectivity index (χ2n) is 4.74. The molecule has 3 heteroatoms. The molecule has 1 aliphatic carbocycles. The van der Waals surface area contributed by atoms with E-state index in [1.807, 2.05) is 12.1 Å². The van der Waals surface area contributed by atoms with Gasteiger partial charge in [-0.15, -0.1) is 0 Å². The van der Waals surface area contributed by atoms with E-state index in [0.717, 1.165) is 12.2 Å². The molecule has 92 valence electrons. The van der Waals surface area contributed by atoms with Crippen LogP contribution in [0, 0.1) is 5.92 Å². The van der Waals surface area contributed by atoms with E-state index in [2.05, 4.69) is 5.32 Å². The lowest BCUT2D eigenvalue weighted by atomic mass is 9.89. The van der Waals surface area contributed by atoms with Gasteiger partial charge in [-0.3, -0.25) is 0 Å². The molecule has 0 spiro atoms. The van der Waals surface area contributed by atoms with Crippen LogP contribution in [-0.2, 0) is 0 Å². The fourth-order valence-electron chi connectivity index (χ4n) is 2.47. The zero-order valence-corrected chi connectivity index (χ0v) is 9.98. The molecule has 2 N–H and O–H groups in total. The Balaban J connectivity index is 1.96. The third-order valence-corrected chi connectivity index (χ3v) is 3.46. The van der Waals surface area contributed by atoms with Crippen LogP contribution in [0.2, 0.25) is 0 Å². The van der Waals surface area contributed by atoms with Crippen LogP contribution in [0.1, 0.15) is 42.5 Å². The lowest BCUT2D eigenvalue weighted by Gasteiger charge is -2.22. The van der Waals surface area contributed by atoms with Gasteiger partial charge in [-0.1, -0.05) is 31.4 Å². The van der Waals surface area contributed by atoms with Crippen molar-refractivity contribution in [3.63, 3.8) is 0 Å². The summed E-state index contributed by atoms with van der Waals surface area (Å²) in [5.74, 6) is -0.164. The van der Waals surface area contributed by atoms with E-state index >= 15 is 0 Å². The SMILES string of the molecule is O=C(O)c1ccccc1NCC1CCCCC1. The standard InChI is InChI=1S/C14H19NO2/c16-14(17)12-8-4-5-9-13(12)15-10-11-6-2-1-3-7-11/h4-5,8-9,11,15H,1-3,6-7,10H2,(H,16,17). The fraction of sp³-hybridized carbons (Fsp3) is 0.500. The van der Waals surface area contributed by atoms with Gasteiger partial charge in [-0.25, -0.2) is 4.79 Å². The first-order chi connectivity index (χ1) is 8.27. The van der Waals surface area contributed by atoms with Crippen LogP contribution >= 0.6 is 0 Å². The number of hydrogen-bond acceptors (Lipinski definition) is 2. The molecule has 1 fully saturated rings. The molecule has 3 nitrogen and oxygen atoms in total. The fourth-order valence-corrected chi connectivity index (χ4v) is 2.47. The number of carboxylic acid groups (broad SMARTS) is 1. The summed E-state index contributed by atoms with van der Waals surface area (Å²) in [4.78, 5) is 11.0. The van der Waals surface area contributed by atoms with Crippen molar-refractivity contribution in [3.05, 3.63) is 29.8 Å². The van der Waals surface area contributed by atoms with E-state index in [9.17, 15) is 4.79 Å². The highest BCUT2D eigenvalue weighted by atomic mass is 16.4. The maximum absolute atomic E-state index is 11.0. The van der Waals surface area contributed by atoms with Crippen molar-refractivity contribution in [2.45, 2.75) is 32.1 Å². The third kappa shape index (κ3) is 3.22. The van der Waals surface area contributed by atoms with Crippen LogP contribution in [0.5, 0.6) is 0 Å². The van der Waals surface area contributed by atoms with Crippen LogP contribution in [0.4, 0.5) is 5.69 Å². The molecule has 0 aliphatic heterocycles. The molecule has 1 aliphatic rings. The predicted molar refractivity (Wildman–Crippen MR) is 68.5 cm³/mol. The normalized spacial score (nSPS) is 16.7. The van der Waals surface area contributed by atoms with E-state index < -0.39 is 5.97 Å². The Bertz CT molecular complexity index is 384. The average molecular weight is 233 g/mol. The average Bonchev–Trinajstić information content (AvgIpc) is 2.38. The second kappa shape index (κ2) is 5.71. The molecule has 0 amide bonds. The molecule has 0 atom stereocenters. The van der Waals surface area contributed by atoms with Gasteiger partial charge in [0.1, 0.15) is 0 Å². The molecule has 0 bridgehead atoms. The van der Waals surface area contributed by atoms with E-state index in [4.69, 9.17) is 5.11 Å². The minimum Gasteiger partial charge on any atom is -0.478 e. The maximum Gasteiger partial charge on any atom is 0.337 e. The van der Waals surface area contributed by atoms with Gasteiger partial charge in [0.2, 0.25) is 0 Å². The summed E-state index contributed by atoms with van der Waals surface area (Å²) >= 11 is 0. The zero-order chi connectivity index (χ0) is 12.1. The van der Waals surface area contributed by atoms with Gasteiger partial charge < -0.3 is 10.4 Å². The number of nitrogens with one attached hydrogen (secondary N) is 1. The number of carbonyl (C=O) groups is 1. The van der Waals surface area contributed by atoms with Gasteiger partial charge in [0.05, 0.1) is 5.56 Å². The summed E-state index contributed by atoms with van der Waals surface area (Å²) < 4.78 is 0. The minimum absolute atomic E-state index is 0.364. The monoisotopic (exact) mass is 233 g/mol. The Hall–Kier alpha value is -1.51. The second-order valence-corrected chi connectivity index (χ2v) is 4.74. The number of hydrogen-bond donors (Lipinski definition) is 2. The Kier molecular flexibility index (Phi) is 4.02. The quantitative estimate of drug-likeness (QED) is 0.838. The number of anilines is 1. The Morgan fingerprint density at radius 2 is 1.94 bits per heavy atom. The van der Waals surface area contributed by atoms with Crippen molar-refractivity contribution in [1.29, 1.82) is 0 Å². The summed E-state index contributed by atoms with van der Waals surface area (Å²) in [6, 6.07) is 7.11. The highest BCUT2D eigenvalue weighted by molar-refractivity contribution is 5.94. The Labute approximate surface area is 102 Å². The summed E-state index contributed by atoms with van der Waals surface area (Å²) in [5, 5.41) is 12.3. The van der Waals surface area contributed by atoms with Gasteiger partial charge in [0.25, 0.3) is 0 Å². The molecule has 0 saturated heterocycles. The molecule has 0 unspecified atom stereocenters. The van der Waals surface area contributed by atoms with Gasteiger partial charge >= 0.3 is 5.97 Å². The van der Waals surface area contributed by atoms with E-state index in [0.29, 0.717) is 11.5 Å². The molecular weight excluding hydrogens is 214 g/mol. The topological polar surface area (TPSA) is 49.3 Å². The molecule has 1 saturated carbocycles. The first-order valence-corrected chi connectivity index (χ1v) is 6.33. The maximum atomic E-state index is 11.0. The third-order valence-electron chi connectivity index (χ3n) is 3.46. The largest absolute Gasteiger partial charge is 0.478 e. The molecular formula is C14H19NO2. The van der Waals surface area contributed by atoms with Crippen LogP contribution in [0.25, 0.3) is 0 Å². The summed E-state index contributed by atoms with van der Waals surface area (Å²) in [5.41, 5.74) is 1.11. The number of rotatable bonds is 4. The number of carboxylic acids is 1. The van der Waals surface area contributed by atoms with E-state index in [1.54, 1.807) is 12.1 Å². The van der Waals surface area contributed by atoms with Gasteiger partial charge in [-0.2, -0.15) is 0 Å². The lowest BCUT2D eigenvalue weighted by molar-refractivity contribution is 0.0698. The van der Waals surface area contributed by atoms with E-state index in [-0.39, 0.29) is 0 Å². The van der Waals surface area contributed by atoms with Crippen LogP contribution in [-0.4, -0.2) is 17.6 Å². The van der Waals surface area contributed by atoms with Gasteiger partial charge in [0, 0.05) is 12.2 Å². The first-order valence-electron chi connectivity index (χ1n) is 6.33. The lowest BCUT2D eigenvalue weighted by Crippen LogP contribution is -2.18. The summed E-state index contributed by atoms with van der Waals surface area (Å²) in [6.07, 6.45) is 6.51. The van der Waals surface area contributed by atoms with Crippen molar-refractivity contribution in [2.75, 3.05) is 11.9 Å². The van der Waals surface area contributed by atoms with Crippen molar-refractivity contribution in [2.24, 2.45) is 5.92 Å². The highest BCUT2D eigenvalue weighted by Gasteiger charge is 2.14. The molecule has 2 rings (SSSR count). The molecule has 1 aromatic rings. The van der Waals surface area contributed by atoms with Gasteiger partial charge in [-0.05, 0) is 30.9 Å². The molecule has 17 heavy (non-hydrogen) atoms. The van der Waals surface area contributed by atoms with Crippen molar-refractivity contribution in [1.82, 2.24) is 0 Å². The summed E-state index contributed by atoms with van der Waals surface area (Å²) in [6.45, 7) is 0.893. The Morgan fingerprint density at radius 3 is 2.65 bits per heavy atom. The predicted octanol–water partition coefficient (Wildman–Crippen LogP) is 3.38. The molecule has 1 aromatic carbocycles. The smallest absolute Gasteiger partial charge is 0.337 e. The number of para-hydroxylation sites is 1. The minimum atomic E-state index is -0.864. The Morgan fingerprint density at radius 1 is 1.24 bits per heavy atom. The van der Waals surface area contributed by atoms with Crippen molar-refractivity contribution < 1.29 is 9.90 Å². The van der Waals surface area contributed by atoms with E-state index in [1.165, 1.54) is 32.1 Å². The number of benzene rings is 1. The molecule has 0 heterocycles. The van der Waals surface area contributed by atoms with Crippen LogP contribution in [0.15, 0.2) is 24.3 Å².